The van der Waals surface area contributed by atoms with Crippen molar-refractivity contribution in [2.75, 3.05) is 25.0 Å². The third-order valence-corrected chi connectivity index (χ3v) is 6.95. The Balaban J connectivity index is 1.47. The standard InChI is InChI=1S/C23H24F4N4O6/c24-14-3-1-2-4-15(14)29-19(34)20(35)31-10-12-8-22(31,9-12)21(36)30-16(7-13-5-6-28-18(13)33)17(32)11-37-23(25,26)27/h1-4,12-13,16H,5-11H2,(H,28,33)(H,29,34)(H,30,36). The maximum Gasteiger partial charge on any atom is 0.522 e. The van der Waals surface area contributed by atoms with Gasteiger partial charge in [0.1, 0.15) is 18.0 Å². The van der Waals surface area contributed by atoms with Crippen molar-refractivity contribution in [3.63, 3.8) is 0 Å². The minimum atomic E-state index is -5.07. The molecule has 1 saturated carbocycles. The molecule has 4 amide bonds. The molecule has 10 nitrogen and oxygen atoms in total. The van der Waals surface area contributed by atoms with Crippen LogP contribution in [0.3, 0.4) is 0 Å². The molecule has 1 aliphatic carbocycles. The summed E-state index contributed by atoms with van der Waals surface area (Å²) in [5.74, 6) is -6.13. The number of alkyl halides is 3. The van der Waals surface area contributed by atoms with Crippen molar-refractivity contribution in [2.24, 2.45) is 11.8 Å². The van der Waals surface area contributed by atoms with Crippen LogP contribution in [-0.4, -0.2) is 72.0 Å². The summed E-state index contributed by atoms with van der Waals surface area (Å²) < 4.78 is 55.0. The van der Waals surface area contributed by atoms with Gasteiger partial charge >= 0.3 is 18.2 Å². The van der Waals surface area contributed by atoms with E-state index in [0.717, 1.165) is 11.0 Å². The van der Waals surface area contributed by atoms with Crippen LogP contribution in [0.4, 0.5) is 23.2 Å². The van der Waals surface area contributed by atoms with Gasteiger partial charge in [-0.1, -0.05) is 12.1 Å². The number of hydrogen-bond donors (Lipinski definition) is 3. The van der Waals surface area contributed by atoms with Crippen molar-refractivity contribution < 1.29 is 46.3 Å². The molecular weight excluding hydrogens is 504 g/mol. The van der Waals surface area contributed by atoms with Crippen molar-refractivity contribution in [2.45, 2.75) is 43.6 Å². The third kappa shape index (κ3) is 5.58. The van der Waals surface area contributed by atoms with E-state index in [1.807, 2.05) is 0 Å². The van der Waals surface area contributed by atoms with E-state index in [0.29, 0.717) is 13.0 Å². The molecule has 4 fully saturated rings. The Morgan fingerprint density at radius 3 is 2.51 bits per heavy atom. The SMILES string of the molecule is O=C(Nc1ccccc1F)C(=O)N1CC2CC1(C(=O)NC(CC1CCNC1=O)C(=O)COC(F)(F)F)C2. The number of hydrogen-bond acceptors (Lipinski definition) is 6. The molecule has 37 heavy (non-hydrogen) atoms. The van der Waals surface area contributed by atoms with Crippen molar-refractivity contribution in [3.8, 4) is 0 Å². The number of halogens is 4. The number of ketones is 1. The average Bonchev–Trinajstić information content (AvgIpc) is 3.51. The van der Waals surface area contributed by atoms with E-state index in [1.54, 1.807) is 0 Å². The molecule has 3 heterocycles. The van der Waals surface area contributed by atoms with Crippen molar-refractivity contribution in [3.05, 3.63) is 30.1 Å². The zero-order chi connectivity index (χ0) is 27.0. The summed E-state index contributed by atoms with van der Waals surface area (Å²) in [4.78, 5) is 64.3. The van der Waals surface area contributed by atoms with Crippen LogP contribution in [0.25, 0.3) is 0 Å². The molecule has 2 unspecified atom stereocenters. The monoisotopic (exact) mass is 528 g/mol. The van der Waals surface area contributed by atoms with E-state index in [1.165, 1.54) is 18.2 Å². The lowest BCUT2D eigenvalue weighted by atomic mass is 9.72. The normalized spacial score (nSPS) is 25.2. The fourth-order valence-electron chi connectivity index (χ4n) is 5.10. The first kappa shape index (κ1) is 26.5. The lowest BCUT2D eigenvalue weighted by Crippen LogP contribution is -2.62. The highest BCUT2D eigenvalue weighted by molar-refractivity contribution is 6.40. The highest BCUT2D eigenvalue weighted by Gasteiger charge is 2.63. The van der Waals surface area contributed by atoms with E-state index in [9.17, 15) is 41.5 Å². The lowest BCUT2D eigenvalue weighted by Gasteiger charge is -2.41. The van der Waals surface area contributed by atoms with Gasteiger partial charge in [0.05, 0.1) is 11.7 Å². The zero-order valence-corrected chi connectivity index (χ0v) is 19.4. The fourth-order valence-corrected chi connectivity index (χ4v) is 5.10. The summed E-state index contributed by atoms with van der Waals surface area (Å²) in [7, 11) is 0. The van der Waals surface area contributed by atoms with Crippen LogP contribution in [0, 0.1) is 17.7 Å². The molecule has 3 N–H and O–H groups in total. The Labute approximate surface area is 208 Å². The number of carbonyl (C=O) groups excluding carboxylic acids is 5. The topological polar surface area (TPSA) is 134 Å². The van der Waals surface area contributed by atoms with Crippen LogP contribution in [0.5, 0.6) is 0 Å². The number of carbonyl (C=O) groups is 5. The molecule has 5 rings (SSSR count). The number of nitrogens with zero attached hydrogens (tertiary/aromatic N) is 1. The van der Waals surface area contributed by atoms with Crippen LogP contribution in [-0.2, 0) is 28.7 Å². The Morgan fingerprint density at radius 1 is 1.19 bits per heavy atom. The molecule has 4 aliphatic rings. The van der Waals surface area contributed by atoms with E-state index >= 15 is 0 Å². The van der Waals surface area contributed by atoms with Gasteiger partial charge in [-0.2, -0.15) is 0 Å². The smallest absolute Gasteiger partial charge is 0.356 e. The fraction of sp³-hybridized carbons (Fsp3) is 0.522. The van der Waals surface area contributed by atoms with Crippen LogP contribution in [0.2, 0.25) is 0 Å². The van der Waals surface area contributed by atoms with Gasteiger partial charge < -0.3 is 20.9 Å². The Hall–Kier alpha value is -3.55. The van der Waals surface area contributed by atoms with Crippen molar-refractivity contribution in [1.82, 2.24) is 15.5 Å². The molecule has 3 saturated heterocycles. The third-order valence-electron chi connectivity index (χ3n) is 6.95. The molecule has 2 bridgehead atoms. The number of rotatable bonds is 8. The quantitative estimate of drug-likeness (QED) is 0.339. The van der Waals surface area contributed by atoms with E-state index in [2.05, 4.69) is 20.7 Å². The summed E-state index contributed by atoms with van der Waals surface area (Å²) in [5.41, 5.74) is -1.72. The number of anilines is 1. The first-order valence-electron chi connectivity index (χ1n) is 11.6. The molecule has 0 spiro atoms. The van der Waals surface area contributed by atoms with Crippen LogP contribution in [0.15, 0.2) is 24.3 Å². The van der Waals surface area contributed by atoms with Gasteiger partial charge in [0.15, 0.2) is 5.78 Å². The van der Waals surface area contributed by atoms with Gasteiger partial charge in [0.2, 0.25) is 11.8 Å². The van der Waals surface area contributed by atoms with Gasteiger partial charge in [0, 0.05) is 19.0 Å². The van der Waals surface area contributed by atoms with Gasteiger partial charge in [-0.25, -0.2) is 4.39 Å². The summed E-state index contributed by atoms with van der Waals surface area (Å²) in [6, 6.07) is 3.71. The summed E-state index contributed by atoms with van der Waals surface area (Å²) >= 11 is 0. The Morgan fingerprint density at radius 2 is 1.89 bits per heavy atom. The minimum absolute atomic E-state index is 0.0672. The first-order valence-corrected chi connectivity index (χ1v) is 11.6. The highest BCUT2D eigenvalue weighted by Crippen LogP contribution is 2.50. The highest BCUT2D eigenvalue weighted by atomic mass is 19.4. The molecular formula is C23H24F4N4O6. The molecule has 3 aliphatic heterocycles. The predicted molar refractivity (Wildman–Crippen MR) is 117 cm³/mol. The second-order valence-corrected chi connectivity index (χ2v) is 9.39. The second kappa shape index (κ2) is 10.1. The molecule has 1 aromatic rings. The summed E-state index contributed by atoms with van der Waals surface area (Å²) in [6.07, 6.45) is -4.64. The van der Waals surface area contributed by atoms with Gasteiger partial charge in [0.25, 0.3) is 0 Å². The largest absolute Gasteiger partial charge is 0.522 e. The first-order chi connectivity index (χ1) is 17.4. The number of nitrogens with one attached hydrogen (secondary N) is 3. The zero-order valence-electron chi connectivity index (χ0n) is 19.4. The molecule has 200 valence electrons. The molecule has 14 heteroatoms. The number of amides is 4. The van der Waals surface area contributed by atoms with Crippen LogP contribution < -0.4 is 16.0 Å². The number of Topliss-reactive ketones (excluding diaryl/α,β-unsaturated/α-hetero) is 1. The maximum atomic E-state index is 13.9. The van der Waals surface area contributed by atoms with E-state index in [4.69, 9.17) is 0 Å². The van der Waals surface area contributed by atoms with Crippen molar-refractivity contribution >= 4 is 35.1 Å². The number of para-hydroxylation sites is 1. The average molecular weight is 528 g/mol. The summed E-state index contributed by atoms with van der Waals surface area (Å²) in [5, 5.41) is 7.12. The Kier molecular flexibility index (Phi) is 7.22. The number of ether oxygens (including phenoxy) is 1. The maximum absolute atomic E-state index is 13.9. The van der Waals surface area contributed by atoms with Crippen molar-refractivity contribution in [1.29, 1.82) is 0 Å². The second-order valence-electron chi connectivity index (χ2n) is 9.39. The molecule has 0 radical (unpaired) electrons. The van der Waals surface area contributed by atoms with E-state index in [-0.39, 0.29) is 37.4 Å². The minimum Gasteiger partial charge on any atom is -0.356 e. The molecule has 2 atom stereocenters. The van der Waals surface area contributed by atoms with Gasteiger partial charge in [-0.15, -0.1) is 13.2 Å². The number of fused-ring (bicyclic) bond motifs is 1. The van der Waals surface area contributed by atoms with Crippen LogP contribution >= 0.6 is 0 Å². The van der Waals surface area contributed by atoms with E-state index < -0.39 is 65.7 Å². The predicted octanol–water partition coefficient (Wildman–Crippen LogP) is 0.872. The molecule has 1 aromatic carbocycles. The lowest BCUT2D eigenvalue weighted by molar-refractivity contribution is -0.321. The van der Waals surface area contributed by atoms with Crippen LogP contribution in [0.1, 0.15) is 25.7 Å². The molecule has 0 aromatic heterocycles. The van der Waals surface area contributed by atoms with Gasteiger partial charge in [-0.05, 0) is 43.7 Å². The number of benzene rings is 1. The summed E-state index contributed by atoms with van der Waals surface area (Å²) in [6.45, 7) is -0.980. The Bertz CT molecular complexity index is 1120. The van der Waals surface area contributed by atoms with Gasteiger partial charge in [-0.3, -0.25) is 28.7 Å².